The molecule has 2 aliphatic rings. The molecule has 28 heavy (non-hydrogen) atoms. The minimum atomic E-state index is -0.475. The Kier molecular flexibility index (Phi) is 5.70. The van der Waals surface area contributed by atoms with Gasteiger partial charge in [-0.15, -0.1) is 0 Å². The third kappa shape index (κ3) is 4.02. The summed E-state index contributed by atoms with van der Waals surface area (Å²) in [6.07, 6.45) is 4.00. The molecule has 1 saturated heterocycles. The van der Waals surface area contributed by atoms with Crippen molar-refractivity contribution in [2.45, 2.75) is 39.2 Å². The first kappa shape index (κ1) is 19.9. The molecule has 1 unspecified atom stereocenters. The summed E-state index contributed by atoms with van der Waals surface area (Å²) in [7, 11) is 0. The van der Waals surface area contributed by atoms with Gasteiger partial charge in [0.15, 0.2) is 0 Å². The highest BCUT2D eigenvalue weighted by Crippen LogP contribution is 2.35. The summed E-state index contributed by atoms with van der Waals surface area (Å²) < 4.78 is 0. The molecule has 146 valence electrons. The second kappa shape index (κ2) is 8.02. The molecule has 3 heteroatoms. The summed E-state index contributed by atoms with van der Waals surface area (Å²) >= 11 is 0. The van der Waals surface area contributed by atoms with Gasteiger partial charge < -0.3 is 15.5 Å². The van der Waals surface area contributed by atoms with E-state index in [-0.39, 0.29) is 0 Å². The van der Waals surface area contributed by atoms with Crippen molar-refractivity contribution in [2.24, 2.45) is 5.92 Å². The molecule has 2 aliphatic heterocycles. The zero-order valence-electron chi connectivity index (χ0n) is 17.4. The van der Waals surface area contributed by atoms with Crippen LogP contribution in [-0.4, -0.2) is 18.0 Å². The van der Waals surface area contributed by atoms with Crippen molar-refractivity contribution < 1.29 is 0 Å². The normalized spacial score (nSPS) is 23.9. The van der Waals surface area contributed by atoms with E-state index in [0.29, 0.717) is 19.0 Å². The van der Waals surface area contributed by atoms with Gasteiger partial charge in [-0.1, -0.05) is 75.8 Å². The molecular formula is C25H31N3. The first-order valence-corrected chi connectivity index (χ1v) is 9.91. The fourth-order valence-corrected chi connectivity index (χ4v) is 3.85. The van der Waals surface area contributed by atoms with Crippen LogP contribution in [-0.2, 0) is 12.0 Å². The van der Waals surface area contributed by atoms with Gasteiger partial charge in [-0.2, -0.15) is 0 Å². The average Bonchev–Trinajstić information content (AvgIpc) is 2.93. The summed E-state index contributed by atoms with van der Waals surface area (Å²) in [6.45, 7) is 20.6. The van der Waals surface area contributed by atoms with Crippen LogP contribution in [0.5, 0.6) is 0 Å². The maximum atomic E-state index is 4.33. The summed E-state index contributed by atoms with van der Waals surface area (Å²) in [5.74, 6) is 7.87. The van der Waals surface area contributed by atoms with E-state index in [1.807, 2.05) is 0 Å². The van der Waals surface area contributed by atoms with Gasteiger partial charge in [0.25, 0.3) is 0 Å². The Morgan fingerprint density at radius 3 is 2.46 bits per heavy atom. The van der Waals surface area contributed by atoms with Crippen LogP contribution in [0.15, 0.2) is 72.9 Å². The Morgan fingerprint density at radius 1 is 1.14 bits per heavy atom. The molecule has 3 rings (SSSR count). The molecule has 0 radical (unpaired) electrons. The third-order valence-corrected chi connectivity index (χ3v) is 5.44. The molecule has 0 aromatic heterocycles. The van der Waals surface area contributed by atoms with Gasteiger partial charge in [-0.3, -0.25) is 0 Å². The number of hydrogen-bond donors (Lipinski definition) is 2. The molecule has 2 heterocycles. The standard InChI is InChI=1S/C25H31N3/c1-18(2)16-23-11-13-24(14-12-23)25(21(5)26-22(6)27-25)17-28-15-9-7-8-10-19(3)20(28)4/h10-14,18,26-27H,4-6,8,15-17H2,1-3H3/b19-10-. The van der Waals surface area contributed by atoms with Crippen LogP contribution in [0.4, 0.5) is 0 Å². The number of rotatable bonds is 5. The minimum absolute atomic E-state index is 0.475. The topological polar surface area (TPSA) is 27.3 Å². The Bertz CT molecular complexity index is 877. The van der Waals surface area contributed by atoms with Gasteiger partial charge in [0, 0.05) is 17.8 Å². The first-order valence-electron chi connectivity index (χ1n) is 9.91. The van der Waals surface area contributed by atoms with Gasteiger partial charge >= 0.3 is 0 Å². The van der Waals surface area contributed by atoms with E-state index in [1.54, 1.807) is 0 Å². The molecule has 0 aliphatic carbocycles. The Morgan fingerprint density at radius 2 is 1.86 bits per heavy atom. The molecule has 3 nitrogen and oxygen atoms in total. The van der Waals surface area contributed by atoms with E-state index < -0.39 is 5.54 Å². The van der Waals surface area contributed by atoms with Crippen LogP contribution in [0, 0.1) is 17.8 Å². The van der Waals surface area contributed by atoms with Crippen LogP contribution < -0.4 is 10.6 Å². The highest BCUT2D eigenvalue weighted by Gasteiger charge is 2.42. The minimum Gasteiger partial charge on any atom is -0.358 e. The number of nitrogens with one attached hydrogen (secondary N) is 2. The van der Waals surface area contributed by atoms with Crippen molar-refractivity contribution in [1.82, 2.24) is 15.5 Å². The molecular weight excluding hydrogens is 342 g/mol. The van der Waals surface area contributed by atoms with Crippen LogP contribution in [0.1, 0.15) is 38.3 Å². The van der Waals surface area contributed by atoms with E-state index in [1.165, 1.54) is 16.7 Å². The average molecular weight is 374 g/mol. The summed E-state index contributed by atoms with van der Waals surface area (Å²) in [6, 6.07) is 8.86. The Labute approximate surface area is 169 Å². The van der Waals surface area contributed by atoms with E-state index in [9.17, 15) is 0 Å². The maximum Gasteiger partial charge on any atom is 0.121 e. The van der Waals surface area contributed by atoms with Crippen molar-refractivity contribution in [3.63, 3.8) is 0 Å². The van der Waals surface area contributed by atoms with Gasteiger partial charge in [0.2, 0.25) is 0 Å². The zero-order valence-corrected chi connectivity index (χ0v) is 17.4. The maximum absolute atomic E-state index is 4.33. The van der Waals surface area contributed by atoms with Crippen molar-refractivity contribution in [3.05, 3.63) is 84.0 Å². The van der Waals surface area contributed by atoms with Gasteiger partial charge in [-0.25, -0.2) is 0 Å². The van der Waals surface area contributed by atoms with Crippen LogP contribution in [0.2, 0.25) is 0 Å². The molecule has 0 saturated carbocycles. The molecule has 0 amide bonds. The second-order valence-corrected chi connectivity index (χ2v) is 8.15. The van der Waals surface area contributed by atoms with E-state index in [4.69, 9.17) is 0 Å². The smallest absolute Gasteiger partial charge is 0.121 e. The second-order valence-electron chi connectivity index (χ2n) is 8.15. The van der Waals surface area contributed by atoms with Crippen molar-refractivity contribution in [1.29, 1.82) is 0 Å². The molecule has 1 atom stereocenters. The lowest BCUT2D eigenvalue weighted by molar-refractivity contribution is 0.292. The lowest BCUT2D eigenvalue weighted by Gasteiger charge is -2.38. The van der Waals surface area contributed by atoms with Crippen molar-refractivity contribution in [2.75, 3.05) is 13.1 Å². The first-order chi connectivity index (χ1) is 13.3. The third-order valence-electron chi connectivity index (χ3n) is 5.44. The van der Waals surface area contributed by atoms with Crippen LogP contribution >= 0.6 is 0 Å². The molecule has 1 fully saturated rings. The molecule has 1 aromatic rings. The number of nitrogens with zero attached hydrogens (tertiary/aromatic N) is 1. The fraction of sp³-hybridized carbons (Fsp3) is 0.360. The highest BCUT2D eigenvalue weighted by atomic mass is 15.3. The van der Waals surface area contributed by atoms with Gasteiger partial charge in [0.1, 0.15) is 5.54 Å². The van der Waals surface area contributed by atoms with Crippen LogP contribution in [0.3, 0.4) is 0 Å². The van der Waals surface area contributed by atoms with E-state index in [0.717, 1.165) is 30.1 Å². The van der Waals surface area contributed by atoms with Gasteiger partial charge in [-0.05, 0) is 36.0 Å². The number of allylic oxidation sites excluding steroid dienone is 2. The van der Waals surface area contributed by atoms with E-state index >= 15 is 0 Å². The van der Waals surface area contributed by atoms with Gasteiger partial charge in [0.05, 0.1) is 18.9 Å². The highest BCUT2D eigenvalue weighted by molar-refractivity contribution is 5.43. The number of benzene rings is 1. The van der Waals surface area contributed by atoms with Crippen molar-refractivity contribution in [3.8, 4) is 11.8 Å². The Hall–Kier alpha value is -2.86. The largest absolute Gasteiger partial charge is 0.358 e. The summed E-state index contributed by atoms with van der Waals surface area (Å²) in [4.78, 5) is 2.23. The number of hydrogen-bond acceptors (Lipinski definition) is 3. The van der Waals surface area contributed by atoms with Crippen molar-refractivity contribution >= 4 is 0 Å². The molecule has 2 N–H and O–H groups in total. The molecule has 1 aromatic carbocycles. The fourth-order valence-electron chi connectivity index (χ4n) is 3.85. The lowest BCUT2D eigenvalue weighted by atomic mass is 9.86. The predicted molar refractivity (Wildman–Crippen MR) is 118 cm³/mol. The quantitative estimate of drug-likeness (QED) is 0.748. The SMILES string of the molecule is C=C1NC(=C)C(CN2CC#CC/C=C(/C)C2=C)(c2ccc(CC(C)C)cc2)N1. The monoisotopic (exact) mass is 373 g/mol. The predicted octanol–water partition coefficient (Wildman–Crippen LogP) is 4.43. The molecule has 0 spiro atoms. The summed E-state index contributed by atoms with van der Waals surface area (Å²) in [5.41, 5.74) is 5.13. The summed E-state index contributed by atoms with van der Waals surface area (Å²) in [5, 5.41) is 6.85. The Balaban J connectivity index is 1.96. The van der Waals surface area contributed by atoms with Crippen LogP contribution in [0.25, 0.3) is 0 Å². The lowest BCUT2D eigenvalue weighted by Crippen LogP contribution is -2.48. The van der Waals surface area contributed by atoms with E-state index in [2.05, 4.69) is 98.2 Å². The zero-order chi connectivity index (χ0) is 20.3. The molecule has 0 bridgehead atoms.